The van der Waals surface area contributed by atoms with Gasteiger partial charge in [-0.15, -0.1) is 0 Å². The molecule has 27 heavy (non-hydrogen) atoms. The molecule has 0 atom stereocenters. The Hall–Kier alpha value is -2.99. The highest BCUT2D eigenvalue weighted by molar-refractivity contribution is 6.31. The minimum Gasteiger partial charge on any atom is -0.497 e. The molecule has 0 saturated carbocycles. The van der Waals surface area contributed by atoms with Gasteiger partial charge < -0.3 is 19.1 Å². The molecule has 3 aromatic rings. The van der Waals surface area contributed by atoms with Crippen LogP contribution in [0.25, 0.3) is 10.9 Å². The van der Waals surface area contributed by atoms with Gasteiger partial charge in [-0.05, 0) is 35.9 Å². The average molecular weight is 388 g/mol. The number of carbonyl (C=O) groups is 1. The molecule has 0 fully saturated rings. The SMILES string of the molecule is COc1cc(Cc2cn(CC(=O)O)c3ccc(Cl)cc3c2=O)cc(OC)c1. The Kier molecular flexibility index (Phi) is 5.37. The van der Waals surface area contributed by atoms with Crippen molar-refractivity contribution in [2.45, 2.75) is 13.0 Å². The molecule has 1 aromatic heterocycles. The highest BCUT2D eigenvalue weighted by atomic mass is 35.5. The van der Waals surface area contributed by atoms with E-state index in [0.29, 0.717) is 39.4 Å². The average Bonchev–Trinajstić information content (AvgIpc) is 2.64. The van der Waals surface area contributed by atoms with E-state index >= 15 is 0 Å². The van der Waals surface area contributed by atoms with Crippen LogP contribution in [-0.4, -0.2) is 29.9 Å². The molecule has 0 bridgehead atoms. The summed E-state index contributed by atoms with van der Waals surface area (Å²) in [7, 11) is 3.10. The lowest BCUT2D eigenvalue weighted by atomic mass is 10.0. The molecule has 0 radical (unpaired) electrons. The van der Waals surface area contributed by atoms with E-state index in [1.54, 1.807) is 49.2 Å². The summed E-state index contributed by atoms with van der Waals surface area (Å²) in [4.78, 5) is 24.2. The summed E-state index contributed by atoms with van der Waals surface area (Å²) in [5.41, 5.74) is 1.61. The molecule has 0 amide bonds. The molecule has 140 valence electrons. The zero-order valence-electron chi connectivity index (χ0n) is 14.9. The van der Waals surface area contributed by atoms with Crippen molar-refractivity contribution in [1.29, 1.82) is 0 Å². The van der Waals surface area contributed by atoms with Crippen LogP contribution in [-0.2, 0) is 17.8 Å². The van der Waals surface area contributed by atoms with Crippen molar-refractivity contribution in [2.24, 2.45) is 0 Å². The number of carboxylic acids is 1. The molecule has 6 nitrogen and oxygen atoms in total. The molecule has 7 heteroatoms. The maximum Gasteiger partial charge on any atom is 0.323 e. The van der Waals surface area contributed by atoms with Crippen LogP contribution in [0, 0.1) is 0 Å². The second-order valence-corrected chi connectivity index (χ2v) is 6.50. The van der Waals surface area contributed by atoms with E-state index in [0.717, 1.165) is 5.56 Å². The molecule has 0 spiro atoms. The van der Waals surface area contributed by atoms with Crippen LogP contribution in [0.4, 0.5) is 0 Å². The van der Waals surface area contributed by atoms with Gasteiger partial charge in [-0.3, -0.25) is 9.59 Å². The Balaban J connectivity index is 2.15. The maximum atomic E-state index is 13.0. The number of nitrogens with zero attached hydrogens (tertiary/aromatic N) is 1. The van der Waals surface area contributed by atoms with E-state index in [-0.39, 0.29) is 12.0 Å². The normalized spacial score (nSPS) is 10.8. The summed E-state index contributed by atoms with van der Waals surface area (Å²) in [5.74, 6) is 0.224. The van der Waals surface area contributed by atoms with Crippen LogP contribution in [0.1, 0.15) is 11.1 Å². The van der Waals surface area contributed by atoms with E-state index in [1.807, 2.05) is 12.1 Å². The van der Waals surface area contributed by atoms with Crippen LogP contribution >= 0.6 is 11.6 Å². The number of halogens is 1. The topological polar surface area (TPSA) is 77.8 Å². The second kappa shape index (κ2) is 7.72. The Labute approximate surface area is 160 Å². The molecule has 0 aliphatic carbocycles. The van der Waals surface area contributed by atoms with Crippen LogP contribution in [0.3, 0.4) is 0 Å². The van der Waals surface area contributed by atoms with Gasteiger partial charge in [-0.2, -0.15) is 0 Å². The molecule has 2 aromatic carbocycles. The summed E-state index contributed by atoms with van der Waals surface area (Å²) in [6.45, 7) is -0.257. The zero-order chi connectivity index (χ0) is 19.6. The van der Waals surface area contributed by atoms with Gasteiger partial charge in [0.1, 0.15) is 18.0 Å². The number of pyridine rings is 1. The Morgan fingerprint density at radius 3 is 2.37 bits per heavy atom. The summed E-state index contributed by atoms with van der Waals surface area (Å²) < 4.78 is 12.1. The van der Waals surface area contributed by atoms with Crippen molar-refractivity contribution in [2.75, 3.05) is 14.2 Å². The number of carboxylic acid groups (broad SMARTS) is 1. The minimum absolute atomic E-state index is 0.184. The van der Waals surface area contributed by atoms with E-state index in [9.17, 15) is 14.7 Å². The molecular weight excluding hydrogens is 370 g/mol. The van der Waals surface area contributed by atoms with Crippen LogP contribution < -0.4 is 14.9 Å². The van der Waals surface area contributed by atoms with Crippen LogP contribution in [0.5, 0.6) is 11.5 Å². The summed E-state index contributed by atoms with van der Waals surface area (Å²) in [6, 6.07) is 10.2. The number of aliphatic carboxylic acids is 1. The van der Waals surface area contributed by atoms with Gasteiger partial charge in [0.15, 0.2) is 5.43 Å². The van der Waals surface area contributed by atoms with E-state index < -0.39 is 5.97 Å². The van der Waals surface area contributed by atoms with Crippen molar-refractivity contribution in [1.82, 2.24) is 4.57 Å². The number of hydrogen-bond acceptors (Lipinski definition) is 4. The number of fused-ring (bicyclic) bond motifs is 1. The molecule has 0 aliphatic rings. The van der Waals surface area contributed by atoms with Gasteiger partial charge in [0, 0.05) is 34.7 Å². The minimum atomic E-state index is -0.996. The number of hydrogen-bond donors (Lipinski definition) is 1. The third kappa shape index (κ3) is 4.06. The lowest BCUT2D eigenvalue weighted by Gasteiger charge is -2.13. The first-order valence-electron chi connectivity index (χ1n) is 8.16. The monoisotopic (exact) mass is 387 g/mol. The van der Waals surface area contributed by atoms with Crippen molar-refractivity contribution in [3.8, 4) is 11.5 Å². The van der Waals surface area contributed by atoms with E-state index in [2.05, 4.69) is 0 Å². The smallest absolute Gasteiger partial charge is 0.323 e. The van der Waals surface area contributed by atoms with Gasteiger partial charge in [0.05, 0.1) is 19.7 Å². The third-order valence-corrected chi connectivity index (χ3v) is 4.46. The highest BCUT2D eigenvalue weighted by Gasteiger charge is 2.13. The van der Waals surface area contributed by atoms with Crippen molar-refractivity contribution < 1.29 is 19.4 Å². The quantitative estimate of drug-likeness (QED) is 0.701. The fourth-order valence-corrected chi connectivity index (χ4v) is 3.19. The summed E-state index contributed by atoms with van der Waals surface area (Å²) in [6.07, 6.45) is 1.88. The van der Waals surface area contributed by atoms with Crippen LogP contribution in [0.15, 0.2) is 47.4 Å². The molecule has 1 N–H and O–H groups in total. The van der Waals surface area contributed by atoms with Gasteiger partial charge >= 0.3 is 5.97 Å². The number of ether oxygens (including phenoxy) is 2. The van der Waals surface area contributed by atoms with E-state index in [4.69, 9.17) is 21.1 Å². The van der Waals surface area contributed by atoms with Crippen molar-refractivity contribution >= 4 is 28.5 Å². The Bertz CT molecular complexity index is 1050. The summed E-state index contributed by atoms with van der Waals surface area (Å²) in [5, 5.41) is 10.0. The van der Waals surface area contributed by atoms with Crippen molar-refractivity contribution in [3.63, 3.8) is 0 Å². The van der Waals surface area contributed by atoms with Gasteiger partial charge in [0.25, 0.3) is 0 Å². The molecule has 0 saturated heterocycles. The summed E-state index contributed by atoms with van der Waals surface area (Å²) >= 11 is 6.04. The molecule has 3 rings (SSSR count). The zero-order valence-corrected chi connectivity index (χ0v) is 15.6. The molecule has 0 unspecified atom stereocenters. The van der Waals surface area contributed by atoms with Crippen LogP contribution in [0.2, 0.25) is 5.02 Å². The van der Waals surface area contributed by atoms with E-state index in [1.165, 1.54) is 0 Å². The number of rotatable bonds is 6. The number of methoxy groups -OCH3 is 2. The fraction of sp³-hybridized carbons (Fsp3) is 0.200. The first kappa shape index (κ1) is 18.8. The maximum absolute atomic E-state index is 13.0. The van der Waals surface area contributed by atoms with Gasteiger partial charge in [-0.1, -0.05) is 11.6 Å². The van der Waals surface area contributed by atoms with Crippen molar-refractivity contribution in [3.05, 3.63) is 69.0 Å². The first-order chi connectivity index (χ1) is 12.9. The van der Waals surface area contributed by atoms with Gasteiger partial charge in [-0.25, -0.2) is 0 Å². The Morgan fingerprint density at radius 2 is 1.78 bits per heavy atom. The second-order valence-electron chi connectivity index (χ2n) is 6.06. The molecular formula is C20H18ClNO5. The predicted molar refractivity (Wildman–Crippen MR) is 103 cm³/mol. The Morgan fingerprint density at radius 1 is 1.11 bits per heavy atom. The first-order valence-corrected chi connectivity index (χ1v) is 8.54. The standard InChI is InChI=1S/C20H18ClNO5/c1-26-15-6-12(7-16(9-15)27-2)5-13-10-22(11-19(23)24)18-4-3-14(21)8-17(18)20(13)25/h3-4,6-10H,5,11H2,1-2H3,(H,23,24). The largest absolute Gasteiger partial charge is 0.497 e. The predicted octanol–water partition coefficient (Wildman–Crippen LogP) is 3.35. The molecule has 1 heterocycles. The van der Waals surface area contributed by atoms with Gasteiger partial charge in [0.2, 0.25) is 0 Å². The fourth-order valence-electron chi connectivity index (χ4n) is 3.02. The highest BCUT2D eigenvalue weighted by Crippen LogP contribution is 2.25. The number of benzene rings is 2. The lowest BCUT2D eigenvalue weighted by molar-refractivity contribution is -0.137. The third-order valence-electron chi connectivity index (χ3n) is 4.23. The molecule has 0 aliphatic heterocycles. The number of aromatic nitrogens is 1. The lowest BCUT2D eigenvalue weighted by Crippen LogP contribution is -2.18.